The minimum atomic E-state index is -0.0465. The SMILES string of the molecule is CCN1CCCN([C@@H](C)C(=O)NC[C@H](C)c2ccccc2)CC1. The van der Waals surface area contributed by atoms with Crippen molar-refractivity contribution in [2.45, 2.75) is 39.2 Å². The second-order valence-corrected chi connectivity index (χ2v) is 6.56. The van der Waals surface area contributed by atoms with Gasteiger partial charge < -0.3 is 10.2 Å². The minimum Gasteiger partial charge on any atom is -0.354 e. The lowest BCUT2D eigenvalue weighted by molar-refractivity contribution is -0.125. The molecule has 2 atom stereocenters. The minimum absolute atomic E-state index is 0.0465. The van der Waals surface area contributed by atoms with Crippen molar-refractivity contribution in [2.75, 3.05) is 39.3 Å². The van der Waals surface area contributed by atoms with Crippen molar-refractivity contribution < 1.29 is 4.79 Å². The molecule has 1 aliphatic rings. The van der Waals surface area contributed by atoms with Crippen LogP contribution in [-0.2, 0) is 4.79 Å². The Balaban J connectivity index is 1.80. The van der Waals surface area contributed by atoms with Crippen LogP contribution in [-0.4, -0.2) is 61.0 Å². The standard InChI is InChI=1S/C19H31N3O/c1-4-21-11-8-12-22(14-13-21)17(3)19(23)20-15-16(2)18-9-6-5-7-10-18/h5-7,9-10,16-17H,4,8,11-15H2,1-3H3,(H,20,23)/t16-,17-/m0/s1. The Morgan fingerprint density at radius 2 is 1.87 bits per heavy atom. The van der Waals surface area contributed by atoms with E-state index >= 15 is 0 Å². The summed E-state index contributed by atoms with van der Waals surface area (Å²) in [6.45, 7) is 12.4. The van der Waals surface area contributed by atoms with Crippen LogP contribution in [0.5, 0.6) is 0 Å². The third kappa shape index (κ3) is 5.33. The molecule has 1 aromatic rings. The van der Waals surface area contributed by atoms with Crippen LogP contribution in [0, 0.1) is 0 Å². The second-order valence-electron chi connectivity index (χ2n) is 6.56. The van der Waals surface area contributed by atoms with Crippen LogP contribution in [0.2, 0.25) is 0 Å². The van der Waals surface area contributed by atoms with E-state index in [0.717, 1.165) is 39.1 Å². The average molecular weight is 317 g/mol. The largest absolute Gasteiger partial charge is 0.354 e. The molecule has 1 saturated heterocycles. The first-order chi connectivity index (χ1) is 11.1. The Bertz CT molecular complexity index is 477. The number of rotatable bonds is 6. The number of carbonyl (C=O) groups is 1. The van der Waals surface area contributed by atoms with E-state index in [1.807, 2.05) is 25.1 Å². The summed E-state index contributed by atoms with van der Waals surface area (Å²) in [6.07, 6.45) is 1.14. The third-order valence-corrected chi connectivity index (χ3v) is 4.95. The summed E-state index contributed by atoms with van der Waals surface area (Å²) in [6, 6.07) is 10.3. The van der Waals surface area contributed by atoms with Crippen molar-refractivity contribution in [2.24, 2.45) is 0 Å². The molecular formula is C19H31N3O. The van der Waals surface area contributed by atoms with Gasteiger partial charge in [-0.05, 0) is 37.9 Å². The van der Waals surface area contributed by atoms with Gasteiger partial charge in [-0.25, -0.2) is 0 Å². The number of carbonyl (C=O) groups excluding carboxylic acids is 1. The number of nitrogens with one attached hydrogen (secondary N) is 1. The third-order valence-electron chi connectivity index (χ3n) is 4.95. The van der Waals surface area contributed by atoms with E-state index in [2.05, 4.69) is 41.1 Å². The predicted molar refractivity (Wildman–Crippen MR) is 95.6 cm³/mol. The van der Waals surface area contributed by atoms with E-state index in [9.17, 15) is 4.79 Å². The van der Waals surface area contributed by atoms with Crippen LogP contribution in [0.4, 0.5) is 0 Å². The van der Waals surface area contributed by atoms with Crippen LogP contribution >= 0.6 is 0 Å². The molecule has 4 heteroatoms. The molecule has 1 fully saturated rings. The van der Waals surface area contributed by atoms with Gasteiger partial charge in [0.15, 0.2) is 0 Å². The zero-order chi connectivity index (χ0) is 16.7. The molecule has 0 aromatic heterocycles. The highest BCUT2D eigenvalue weighted by molar-refractivity contribution is 5.81. The van der Waals surface area contributed by atoms with E-state index in [-0.39, 0.29) is 11.9 Å². The summed E-state index contributed by atoms with van der Waals surface area (Å²) in [5.74, 6) is 0.491. The van der Waals surface area contributed by atoms with E-state index < -0.39 is 0 Å². The quantitative estimate of drug-likeness (QED) is 0.875. The Morgan fingerprint density at radius 1 is 1.13 bits per heavy atom. The van der Waals surface area contributed by atoms with Crippen LogP contribution in [0.15, 0.2) is 30.3 Å². The zero-order valence-corrected chi connectivity index (χ0v) is 14.8. The van der Waals surface area contributed by atoms with Gasteiger partial charge in [0.2, 0.25) is 5.91 Å². The molecule has 0 spiro atoms. The second kappa shape index (κ2) is 9.04. The van der Waals surface area contributed by atoms with Gasteiger partial charge in [-0.3, -0.25) is 9.69 Å². The smallest absolute Gasteiger partial charge is 0.237 e. The normalized spacial score (nSPS) is 19.8. The van der Waals surface area contributed by atoms with Crippen molar-refractivity contribution in [1.29, 1.82) is 0 Å². The predicted octanol–water partition coefficient (Wildman–Crippen LogP) is 2.32. The summed E-state index contributed by atoms with van der Waals surface area (Å²) in [5, 5.41) is 3.13. The Labute approximate surface area is 140 Å². The van der Waals surface area contributed by atoms with Gasteiger partial charge >= 0.3 is 0 Å². The Hall–Kier alpha value is -1.39. The molecule has 2 rings (SSSR count). The van der Waals surface area contributed by atoms with E-state index in [1.165, 1.54) is 5.56 Å². The molecule has 1 aliphatic heterocycles. The lowest BCUT2D eigenvalue weighted by atomic mass is 10.0. The molecule has 1 N–H and O–H groups in total. The van der Waals surface area contributed by atoms with Crippen LogP contribution in [0.3, 0.4) is 0 Å². The molecular weight excluding hydrogens is 286 g/mol. The number of hydrogen-bond donors (Lipinski definition) is 1. The van der Waals surface area contributed by atoms with Gasteiger partial charge in [-0.15, -0.1) is 0 Å². The first kappa shape index (κ1) is 18.0. The highest BCUT2D eigenvalue weighted by atomic mass is 16.2. The van der Waals surface area contributed by atoms with Gasteiger partial charge in [0.1, 0.15) is 0 Å². The Morgan fingerprint density at radius 3 is 2.57 bits per heavy atom. The molecule has 0 aliphatic carbocycles. The summed E-state index contributed by atoms with van der Waals surface area (Å²) in [5.41, 5.74) is 1.27. The first-order valence-electron chi connectivity index (χ1n) is 8.91. The van der Waals surface area contributed by atoms with Crippen LogP contribution in [0.1, 0.15) is 38.7 Å². The lowest BCUT2D eigenvalue weighted by Crippen LogP contribution is -2.47. The van der Waals surface area contributed by atoms with E-state index in [1.54, 1.807) is 0 Å². The highest BCUT2D eigenvalue weighted by Gasteiger charge is 2.23. The Kier molecular flexibility index (Phi) is 7.06. The number of likely N-dealkylation sites (N-methyl/N-ethyl adjacent to an activating group) is 1. The summed E-state index contributed by atoms with van der Waals surface area (Å²) < 4.78 is 0. The summed E-state index contributed by atoms with van der Waals surface area (Å²) in [7, 11) is 0. The molecule has 23 heavy (non-hydrogen) atoms. The topological polar surface area (TPSA) is 35.6 Å². The lowest BCUT2D eigenvalue weighted by Gasteiger charge is -2.27. The zero-order valence-electron chi connectivity index (χ0n) is 14.8. The molecule has 0 saturated carbocycles. The van der Waals surface area contributed by atoms with Crippen molar-refractivity contribution in [3.63, 3.8) is 0 Å². The number of nitrogens with zero attached hydrogens (tertiary/aromatic N) is 2. The molecule has 0 bridgehead atoms. The van der Waals surface area contributed by atoms with Gasteiger partial charge in [-0.2, -0.15) is 0 Å². The molecule has 1 amide bonds. The fourth-order valence-electron chi connectivity index (χ4n) is 3.16. The van der Waals surface area contributed by atoms with Crippen molar-refractivity contribution in [1.82, 2.24) is 15.1 Å². The molecule has 1 aromatic carbocycles. The maximum absolute atomic E-state index is 12.5. The van der Waals surface area contributed by atoms with Gasteiger partial charge in [-0.1, -0.05) is 44.2 Å². The van der Waals surface area contributed by atoms with Crippen molar-refractivity contribution >= 4 is 5.91 Å². The van der Waals surface area contributed by atoms with E-state index in [0.29, 0.717) is 12.5 Å². The number of benzene rings is 1. The maximum Gasteiger partial charge on any atom is 0.237 e. The van der Waals surface area contributed by atoms with Gasteiger partial charge in [0.05, 0.1) is 6.04 Å². The van der Waals surface area contributed by atoms with E-state index in [4.69, 9.17) is 0 Å². The van der Waals surface area contributed by atoms with Crippen molar-refractivity contribution in [3.8, 4) is 0 Å². The van der Waals surface area contributed by atoms with Crippen LogP contribution in [0.25, 0.3) is 0 Å². The first-order valence-corrected chi connectivity index (χ1v) is 8.91. The maximum atomic E-state index is 12.5. The van der Waals surface area contributed by atoms with Gasteiger partial charge in [0.25, 0.3) is 0 Å². The fourth-order valence-corrected chi connectivity index (χ4v) is 3.16. The average Bonchev–Trinajstić information content (AvgIpc) is 2.85. The molecule has 0 unspecified atom stereocenters. The molecule has 4 nitrogen and oxygen atoms in total. The monoisotopic (exact) mass is 317 g/mol. The molecule has 1 heterocycles. The summed E-state index contributed by atoms with van der Waals surface area (Å²) >= 11 is 0. The summed E-state index contributed by atoms with van der Waals surface area (Å²) in [4.78, 5) is 17.3. The van der Waals surface area contributed by atoms with Gasteiger partial charge in [0, 0.05) is 26.2 Å². The van der Waals surface area contributed by atoms with Crippen LogP contribution < -0.4 is 5.32 Å². The number of amides is 1. The highest BCUT2D eigenvalue weighted by Crippen LogP contribution is 2.13. The fraction of sp³-hybridized carbons (Fsp3) is 0.632. The van der Waals surface area contributed by atoms with Crippen molar-refractivity contribution in [3.05, 3.63) is 35.9 Å². The molecule has 0 radical (unpaired) electrons. The number of hydrogen-bond acceptors (Lipinski definition) is 3. The molecule has 128 valence electrons.